The summed E-state index contributed by atoms with van der Waals surface area (Å²) in [5.41, 5.74) is 10.5. The number of hydrogen-bond acceptors (Lipinski definition) is 6. The predicted octanol–water partition coefficient (Wildman–Crippen LogP) is 1.99. The van der Waals surface area contributed by atoms with Crippen LogP contribution in [0.1, 0.15) is 24.8 Å². The first-order chi connectivity index (χ1) is 15.5. The largest absolute Gasteiger partial charge is 0.420 e. The van der Waals surface area contributed by atoms with E-state index < -0.39 is 6.17 Å². The third-order valence-corrected chi connectivity index (χ3v) is 5.88. The number of piperidine rings is 1. The van der Waals surface area contributed by atoms with Crippen molar-refractivity contribution in [2.75, 3.05) is 20.3 Å². The van der Waals surface area contributed by atoms with Gasteiger partial charge in [-0.3, -0.25) is 9.36 Å². The lowest BCUT2D eigenvalue weighted by atomic mass is 10.0. The molecule has 1 fully saturated rings. The SMILES string of the molecule is COCCn1c(=O)oc2ccc(-c3ccc(C[C@@H](N)NC(=O)[C@@H]4CCCCN4)cc3)cc21. The number of nitrogens with one attached hydrogen (secondary N) is 2. The first-order valence-corrected chi connectivity index (χ1v) is 11.1. The first kappa shape index (κ1) is 22.3. The number of hydrogen-bond donors (Lipinski definition) is 3. The Labute approximate surface area is 186 Å². The minimum atomic E-state index is -0.436. The molecule has 8 nitrogen and oxygen atoms in total. The Morgan fingerprint density at radius 2 is 2.03 bits per heavy atom. The fraction of sp³-hybridized carbons (Fsp3) is 0.417. The highest BCUT2D eigenvalue weighted by molar-refractivity contribution is 5.82. The van der Waals surface area contributed by atoms with Crippen LogP contribution in [-0.4, -0.2) is 42.9 Å². The van der Waals surface area contributed by atoms with Crippen molar-refractivity contribution in [3.8, 4) is 11.1 Å². The fourth-order valence-corrected chi connectivity index (χ4v) is 4.13. The number of carbonyl (C=O) groups excluding carboxylic acids is 1. The number of carbonyl (C=O) groups is 1. The van der Waals surface area contributed by atoms with Crippen LogP contribution >= 0.6 is 0 Å². The summed E-state index contributed by atoms with van der Waals surface area (Å²) in [6.45, 7) is 1.74. The molecule has 1 amide bonds. The summed E-state index contributed by atoms with van der Waals surface area (Å²) >= 11 is 0. The molecule has 4 N–H and O–H groups in total. The van der Waals surface area contributed by atoms with Crippen LogP contribution in [0.2, 0.25) is 0 Å². The first-order valence-electron chi connectivity index (χ1n) is 11.1. The van der Waals surface area contributed by atoms with Crippen LogP contribution in [0.15, 0.2) is 51.7 Å². The molecule has 1 aliphatic rings. The molecule has 2 heterocycles. The van der Waals surface area contributed by atoms with E-state index >= 15 is 0 Å². The predicted molar refractivity (Wildman–Crippen MR) is 123 cm³/mol. The van der Waals surface area contributed by atoms with Gasteiger partial charge in [0, 0.05) is 13.5 Å². The van der Waals surface area contributed by atoms with E-state index in [-0.39, 0.29) is 17.7 Å². The molecule has 2 atom stereocenters. The Hall–Kier alpha value is -2.94. The number of benzene rings is 2. The van der Waals surface area contributed by atoms with E-state index in [2.05, 4.69) is 10.6 Å². The molecule has 1 aliphatic heterocycles. The third-order valence-electron chi connectivity index (χ3n) is 5.88. The Morgan fingerprint density at radius 3 is 2.75 bits per heavy atom. The number of nitrogens with zero attached hydrogens (tertiary/aromatic N) is 1. The van der Waals surface area contributed by atoms with Crippen LogP contribution < -0.4 is 22.1 Å². The zero-order valence-electron chi connectivity index (χ0n) is 18.3. The van der Waals surface area contributed by atoms with Crippen molar-refractivity contribution in [1.82, 2.24) is 15.2 Å². The fourth-order valence-electron chi connectivity index (χ4n) is 4.13. The van der Waals surface area contributed by atoms with Gasteiger partial charge < -0.3 is 25.5 Å². The molecule has 32 heavy (non-hydrogen) atoms. The van der Waals surface area contributed by atoms with Gasteiger partial charge in [-0.05, 0) is 48.2 Å². The van der Waals surface area contributed by atoms with Crippen LogP contribution in [0.25, 0.3) is 22.2 Å². The molecule has 170 valence electrons. The Balaban J connectivity index is 1.43. The molecule has 2 aromatic carbocycles. The average Bonchev–Trinajstić information content (AvgIpc) is 3.12. The van der Waals surface area contributed by atoms with Gasteiger partial charge in [-0.25, -0.2) is 4.79 Å². The van der Waals surface area contributed by atoms with Crippen molar-refractivity contribution in [2.24, 2.45) is 5.73 Å². The summed E-state index contributed by atoms with van der Waals surface area (Å²) in [6, 6.07) is 13.6. The lowest BCUT2D eigenvalue weighted by molar-refractivity contribution is -0.124. The minimum Gasteiger partial charge on any atom is -0.408 e. The van der Waals surface area contributed by atoms with Crippen molar-refractivity contribution in [3.63, 3.8) is 0 Å². The van der Waals surface area contributed by atoms with Gasteiger partial charge in [0.05, 0.1) is 30.9 Å². The van der Waals surface area contributed by atoms with Gasteiger partial charge in [-0.1, -0.05) is 36.8 Å². The molecule has 0 bridgehead atoms. The number of nitrogens with two attached hydrogens (primary N) is 1. The second kappa shape index (κ2) is 10.1. The van der Waals surface area contributed by atoms with Crippen molar-refractivity contribution in [2.45, 2.75) is 44.4 Å². The number of ether oxygens (including phenoxy) is 1. The van der Waals surface area contributed by atoms with E-state index in [4.69, 9.17) is 14.9 Å². The van der Waals surface area contributed by atoms with Crippen molar-refractivity contribution >= 4 is 17.0 Å². The van der Waals surface area contributed by atoms with Gasteiger partial charge >= 0.3 is 5.76 Å². The number of fused-ring (bicyclic) bond motifs is 1. The zero-order chi connectivity index (χ0) is 22.5. The van der Waals surface area contributed by atoms with E-state index in [0.29, 0.717) is 25.2 Å². The lowest BCUT2D eigenvalue weighted by Crippen LogP contribution is -2.52. The van der Waals surface area contributed by atoms with Gasteiger partial charge in [0.1, 0.15) is 0 Å². The smallest absolute Gasteiger partial charge is 0.408 e. The van der Waals surface area contributed by atoms with E-state index in [9.17, 15) is 9.59 Å². The van der Waals surface area contributed by atoms with E-state index in [1.807, 2.05) is 42.5 Å². The third kappa shape index (κ3) is 5.09. The highest BCUT2D eigenvalue weighted by Crippen LogP contribution is 2.25. The summed E-state index contributed by atoms with van der Waals surface area (Å²) in [7, 11) is 1.60. The maximum Gasteiger partial charge on any atom is 0.420 e. The zero-order valence-corrected chi connectivity index (χ0v) is 18.3. The topological polar surface area (TPSA) is 112 Å². The quantitative estimate of drug-likeness (QED) is 0.464. The van der Waals surface area contributed by atoms with Crippen molar-refractivity contribution in [1.29, 1.82) is 0 Å². The Bertz CT molecular complexity index is 1110. The Kier molecular flexibility index (Phi) is 7.04. The molecular weight excluding hydrogens is 408 g/mol. The molecule has 0 aliphatic carbocycles. The lowest BCUT2D eigenvalue weighted by Gasteiger charge is -2.24. The summed E-state index contributed by atoms with van der Waals surface area (Å²) in [5, 5.41) is 6.15. The van der Waals surface area contributed by atoms with Gasteiger partial charge in [0.2, 0.25) is 5.91 Å². The van der Waals surface area contributed by atoms with Gasteiger partial charge in [0.25, 0.3) is 0 Å². The minimum absolute atomic E-state index is 0.0262. The summed E-state index contributed by atoms with van der Waals surface area (Å²) in [6.07, 6.45) is 3.15. The molecule has 3 aromatic rings. The van der Waals surface area contributed by atoms with Crippen LogP contribution in [0.4, 0.5) is 0 Å². The number of amides is 1. The standard InChI is InChI=1S/C24H30N4O4/c1-31-13-12-28-20-15-18(9-10-21(20)32-24(28)30)17-7-5-16(6-8-17)14-22(25)27-23(29)19-4-2-3-11-26-19/h5-10,15,19,22,26H,2-4,11-14,25H2,1H3,(H,27,29)/t19-,22-/m0/s1. The normalized spacial score (nSPS) is 17.4. The molecular formula is C24H30N4O4. The van der Waals surface area contributed by atoms with E-state index in [1.165, 1.54) is 0 Å². The molecule has 0 spiro atoms. The number of aromatic nitrogens is 1. The summed E-state index contributed by atoms with van der Waals surface area (Å²) < 4.78 is 12.0. The van der Waals surface area contributed by atoms with Crippen molar-refractivity contribution in [3.05, 3.63) is 58.6 Å². The molecule has 0 saturated carbocycles. The maximum atomic E-state index is 12.3. The molecule has 8 heteroatoms. The molecule has 4 rings (SSSR count). The number of methoxy groups -OCH3 is 1. The van der Waals surface area contributed by atoms with Gasteiger partial charge in [-0.2, -0.15) is 0 Å². The van der Waals surface area contributed by atoms with Gasteiger partial charge in [0.15, 0.2) is 5.58 Å². The second-order valence-corrected chi connectivity index (χ2v) is 8.21. The number of oxazole rings is 1. The van der Waals surface area contributed by atoms with E-state index in [1.54, 1.807) is 11.7 Å². The maximum absolute atomic E-state index is 12.3. The summed E-state index contributed by atoms with van der Waals surface area (Å²) in [5.74, 6) is -0.411. The van der Waals surface area contributed by atoms with Crippen LogP contribution in [0.3, 0.4) is 0 Å². The van der Waals surface area contributed by atoms with Crippen LogP contribution in [0, 0.1) is 0 Å². The van der Waals surface area contributed by atoms with Crippen molar-refractivity contribution < 1.29 is 13.9 Å². The molecule has 0 unspecified atom stereocenters. The molecule has 1 aromatic heterocycles. The van der Waals surface area contributed by atoms with E-state index in [0.717, 1.165) is 48.0 Å². The molecule has 1 saturated heterocycles. The van der Waals surface area contributed by atoms with Gasteiger partial charge in [-0.15, -0.1) is 0 Å². The highest BCUT2D eigenvalue weighted by atomic mass is 16.5. The highest BCUT2D eigenvalue weighted by Gasteiger charge is 2.21. The molecule has 0 radical (unpaired) electrons. The summed E-state index contributed by atoms with van der Waals surface area (Å²) in [4.78, 5) is 24.5. The number of rotatable bonds is 8. The second-order valence-electron chi connectivity index (χ2n) is 8.21. The average molecular weight is 439 g/mol. The van der Waals surface area contributed by atoms with Crippen LogP contribution in [-0.2, 0) is 22.5 Å². The van der Waals surface area contributed by atoms with Crippen LogP contribution in [0.5, 0.6) is 0 Å². The monoisotopic (exact) mass is 438 g/mol. The Morgan fingerprint density at radius 1 is 1.25 bits per heavy atom.